The Labute approximate surface area is 138 Å². The van der Waals surface area contributed by atoms with Gasteiger partial charge < -0.3 is 9.64 Å². The van der Waals surface area contributed by atoms with Gasteiger partial charge in [-0.2, -0.15) is 5.10 Å². The quantitative estimate of drug-likeness (QED) is 0.840. The zero-order chi connectivity index (χ0) is 15.5. The first-order valence-electron chi connectivity index (χ1n) is 7.26. The van der Waals surface area contributed by atoms with Gasteiger partial charge in [0.2, 0.25) is 0 Å². The van der Waals surface area contributed by atoms with Gasteiger partial charge in [-0.25, -0.2) is 4.68 Å². The third-order valence-corrected chi connectivity index (χ3v) is 4.99. The van der Waals surface area contributed by atoms with E-state index in [-0.39, 0.29) is 16.7 Å². The Kier molecular flexibility index (Phi) is 4.81. The zero-order valence-electron chi connectivity index (χ0n) is 12.4. The molecule has 1 fully saturated rings. The molecule has 5 nitrogen and oxygen atoms in total. The third kappa shape index (κ3) is 3.34. The van der Waals surface area contributed by atoms with Crippen LogP contribution in [0.3, 0.4) is 0 Å². The molecule has 1 saturated heterocycles. The monoisotopic (exact) mass is 339 g/mol. The van der Waals surface area contributed by atoms with Crippen molar-refractivity contribution in [3.05, 3.63) is 44.0 Å². The highest BCUT2D eigenvalue weighted by atomic mass is 35.5. The van der Waals surface area contributed by atoms with E-state index in [1.807, 2.05) is 11.4 Å². The van der Waals surface area contributed by atoms with Gasteiger partial charge in [0.05, 0.1) is 24.5 Å². The number of hydrogen-bond acceptors (Lipinski definition) is 5. The molecule has 118 valence electrons. The number of aromatic nitrogens is 2. The number of anilines is 1. The Bertz CT molecular complexity index is 681. The first-order valence-corrected chi connectivity index (χ1v) is 8.51. The van der Waals surface area contributed by atoms with Crippen LogP contribution in [0.4, 0.5) is 5.69 Å². The lowest BCUT2D eigenvalue weighted by molar-refractivity contribution is 0.115. The largest absolute Gasteiger partial charge is 0.376 e. The molecule has 1 atom stereocenters. The lowest BCUT2D eigenvalue weighted by atomic mass is 10.2. The van der Waals surface area contributed by atoms with E-state index < -0.39 is 0 Å². The van der Waals surface area contributed by atoms with Crippen LogP contribution in [-0.2, 0) is 18.3 Å². The summed E-state index contributed by atoms with van der Waals surface area (Å²) in [5.41, 5.74) is 0.399. The zero-order valence-corrected chi connectivity index (χ0v) is 13.9. The molecular weight excluding hydrogens is 322 g/mol. The van der Waals surface area contributed by atoms with Gasteiger partial charge in [0, 0.05) is 25.1 Å². The van der Waals surface area contributed by atoms with Crippen LogP contribution in [0.15, 0.2) is 28.5 Å². The van der Waals surface area contributed by atoms with Crippen LogP contribution in [0.25, 0.3) is 0 Å². The summed E-state index contributed by atoms with van der Waals surface area (Å²) in [7, 11) is 1.60. The maximum absolute atomic E-state index is 12.0. The SMILES string of the molecule is Cn1ncc(N(Cc2cccs2)CC2CCCO2)c(Cl)c1=O. The lowest BCUT2D eigenvalue weighted by Gasteiger charge is -2.27. The molecule has 3 rings (SSSR count). The molecule has 2 aromatic rings. The fourth-order valence-electron chi connectivity index (χ4n) is 2.60. The molecule has 0 spiro atoms. The maximum atomic E-state index is 12.0. The van der Waals surface area contributed by atoms with Gasteiger partial charge in [0.1, 0.15) is 5.02 Å². The molecule has 0 aromatic carbocycles. The van der Waals surface area contributed by atoms with Crippen LogP contribution in [0.2, 0.25) is 5.02 Å². The van der Waals surface area contributed by atoms with E-state index in [0.717, 1.165) is 19.4 Å². The van der Waals surface area contributed by atoms with E-state index in [1.54, 1.807) is 24.6 Å². The van der Waals surface area contributed by atoms with Crippen LogP contribution < -0.4 is 10.5 Å². The Morgan fingerprint density at radius 2 is 2.45 bits per heavy atom. The van der Waals surface area contributed by atoms with Crippen LogP contribution in [-0.4, -0.2) is 29.0 Å². The topological polar surface area (TPSA) is 47.4 Å². The smallest absolute Gasteiger partial charge is 0.287 e. The molecule has 2 aromatic heterocycles. The second kappa shape index (κ2) is 6.81. The standard InChI is InChI=1S/C15H18ClN3O2S/c1-18-15(20)14(16)13(8-17-18)19(9-11-4-2-6-21-11)10-12-5-3-7-22-12/h3,5,7-8,11H,2,4,6,9-10H2,1H3. The van der Waals surface area contributed by atoms with Crippen molar-refractivity contribution in [3.63, 3.8) is 0 Å². The fraction of sp³-hybridized carbons (Fsp3) is 0.467. The van der Waals surface area contributed by atoms with Gasteiger partial charge in [-0.05, 0) is 24.3 Å². The van der Waals surface area contributed by atoms with Crippen molar-refractivity contribution in [1.29, 1.82) is 0 Å². The predicted octanol–water partition coefficient (Wildman–Crippen LogP) is 2.68. The van der Waals surface area contributed by atoms with Crippen molar-refractivity contribution in [2.75, 3.05) is 18.1 Å². The van der Waals surface area contributed by atoms with E-state index in [1.165, 1.54) is 9.56 Å². The molecule has 7 heteroatoms. The molecule has 0 amide bonds. The highest BCUT2D eigenvalue weighted by Gasteiger charge is 2.22. The molecule has 0 radical (unpaired) electrons. The highest BCUT2D eigenvalue weighted by molar-refractivity contribution is 7.09. The van der Waals surface area contributed by atoms with Crippen LogP contribution in [0.5, 0.6) is 0 Å². The summed E-state index contributed by atoms with van der Waals surface area (Å²) in [5, 5.41) is 6.36. The van der Waals surface area contributed by atoms with Crippen molar-refractivity contribution in [1.82, 2.24) is 9.78 Å². The molecule has 1 aliphatic rings. The summed E-state index contributed by atoms with van der Waals surface area (Å²) in [6.07, 6.45) is 3.96. The number of aryl methyl sites for hydroxylation is 1. The summed E-state index contributed by atoms with van der Waals surface area (Å²) in [4.78, 5) is 15.4. The molecule has 0 saturated carbocycles. The normalized spacial score (nSPS) is 17.8. The van der Waals surface area contributed by atoms with Crippen molar-refractivity contribution >= 4 is 28.6 Å². The van der Waals surface area contributed by atoms with Gasteiger partial charge in [-0.1, -0.05) is 17.7 Å². The minimum atomic E-state index is -0.275. The number of thiophene rings is 1. The summed E-state index contributed by atoms with van der Waals surface area (Å²) < 4.78 is 6.98. The van der Waals surface area contributed by atoms with Gasteiger partial charge in [-0.3, -0.25) is 4.79 Å². The van der Waals surface area contributed by atoms with Crippen molar-refractivity contribution in [3.8, 4) is 0 Å². The summed E-state index contributed by atoms with van der Waals surface area (Å²) >= 11 is 7.95. The second-order valence-electron chi connectivity index (χ2n) is 5.37. The molecule has 1 aliphatic heterocycles. The van der Waals surface area contributed by atoms with Crippen LogP contribution in [0.1, 0.15) is 17.7 Å². The van der Waals surface area contributed by atoms with Crippen LogP contribution >= 0.6 is 22.9 Å². The first kappa shape index (κ1) is 15.5. The Morgan fingerprint density at radius 1 is 1.59 bits per heavy atom. The van der Waals surface area contributed by atoms with Crippen LogP contribution in [0, 0.1) is 0 Å². The van der Waals surface area contributed by atoms with Gasteiger partial charge in [-0.15, -0.1) is 11.3 Å². The van der Waals surface area contributed by atoms with Crippen molar-refractivity contribution in [2.45, 2.75) is 25.5 Å². The van der Waals surface area contributed by atoms with Gasteiger partial charge in [0.15, 0.2) is 0 Å². The number of nitrogens with zero attached hydrogens (tertiary/aromatic N) is 3. The number of hydrogen-bond donors (Lipinski definition) is 0. The van der Waals surface area contributed by atoms with E-state index in [4.69, 9.17) is 16.3 Å². The lowest BCUT2D eigenvalue weighted by Crippen LogP contribution is -2.34. The molecule has 3 heterocycles. The molecular formula is C15H18ClN3O2S. The second-order valence-corrected chi connectivity index (χ2v) is 6.78. The van der Waals surface area contributed by atoms with Gasteiger partial charge in [0.25, 0.3) is 5.56 Å². The van der Waals surface area contributed by atoms with Gasteiger partial charge >= 0.3 is 0 Å². The number of halogens is 1. The number of rotatable bonds is 5. The first-order chi connectivity index (χ1) is 10.6. The highest BCUT2D eigenvalue weighted by Crippen LogP contribution is 2.26. The minimum Gasteiger partial charge on any atom is -0.376 e. The summed E-state index contributed by atoms with van der Waals surface area (Å²) in [5.74, 6) is 0. The summed E-state index contributed by atoms with van der Waals surface area (Å²) in [6.45, 7) is 2.22. The van der Waals surface area contributed by atoms with E-state index in [0.29, 0.717) is 18.8 Å². The third-order valence-electron chi connectivity index (χ3n) is 3.78. The molecule has 0 bridgehead atoms. The summed E-state index contributed by atoms with van der Waals surface area (Å²) in [6, 6.07) is 4.10. The number of ether oxygens (including phenoxy) is 1. The van der Waals surface area contributed by atoms with Crippen molar-refractivity contribution in [2.24, 2.45) is 7.05 Å². The molecule has 0 N–H and O–H groups in total. The Morgan fingerprint density at radius 3 is 3.14 bits per heavy atom. The van der Waals surface area contributed by atoms with E-state index in [2.05, 4.69) is 16.1 Å². The Balaban J connectivity index is 1.89. The fourth-order valence-corrected chi connectivity index (χ4v) is 3.61. The minimum absolute atomic E-state index is 0.181. The van der Waals surface area contributed by atoms with E-state index >= 15 is 0 Å². The average molecular weight is 340 g/mol. The van der Waals surface area contributed by atoms with E-state index in [9.17, 15) is 4.79 Å². The Hall–Kier alpha value is -1.37. The molecule has 1 unspecified atom stereocenters. The predicted molar refractivity (Wildman–Crippen MR) is 88.8 cm³/mol. The molecule has 22 heavy (non-hydrogen) atoms. The maximum Gasteiger partial charge on any atom is 0.287 e. The molecule has 0 aliphatic carbocycles. The average Bonchev–Trinajstić information content (AvgIpc) is 3.18. The van der Waals surface area contributed by atoms with Crippen molar-refractivity contribution < 1.29 is 4.74 Å².